The van der Waals surface area contributed by atoms with Gasteiger partial charge in [0.2, 0.25) is 11.8 Å². The van der Waals surface area contributed by atoms with Gasteiger partial charge in [-0.05, 0) is 67.3 Å². The second-order valence-corrected chi connectivity index (χ2v) is 11.8. The zero-order valence-corrected chi connectivity index (χ0v) is 25.7. The highest BCUT2D eigenvalue weighted by atomic mass is 35.5. The van der Waals surface area contributed by atoms with Crippen LogP contribution in [0.25, 0.3) is 0 Å². The minimum atomic E-state index is -4.29. The number of ether oxygens (including phenoxy) is 2. The summed E-state index contributed by atoms with van der Waals surface area (Å²) in [5, 5.41) is 3.04. The maximum Gasteiger partial charge on any atom is 0.264 e. The molecule has 3 rings (SSSR count). The Morgan fingerprint density at radius 2 is 1.59 bits per heavy atom. The van der Waals surface area contributed by atoms with Gasteiger partial charge in [-0.3, -0.25) is 13.9 Å². The number of methoxy groups -OCH3 is 2. The van der Waals surface area contributed by atoms with Crippen molar-refractivity contribution in [1.29, 1.82) is 0 Å². The molecule has 0 bridgehead atoms. The lowest BCUT2D eigenvalue weighted by Crippen LogP contribution is -2.51. The Bertz CT molecular complexity index is 1490. The van der Waals surface area contributed by atoms with Gasteiger partial charge in [0.1, 0.15) is 12.6 Å². The molecule has 3 aromatic carbocycles. The molecule has 0 radical (unpaired) electrons. The number of nitrogens with one attached hydrogen (secondary N) is 1. The minimum absolute atomic E-state index is 0.0154. The summed E-state index contributed by atoms with van der Waals surface area (Å²) in [6, 6.07) is 15.7. The Hall–Kier alpha value is -3.76. The lowest BCUT2D eigenvalue weighted by molar-refractivity contribution is -0.140. The number of carbonyl (C=O) groups excluding carboxylic acids is 2. The van der Waals surface area contributed by atoms with E-state index in [9.17, 15) is 18.0 Å². The third kappa shape index (κ3) is 7.31. The Kier molecular flexibility index (Phi) is 10.6. The fourth-order valence-electron chi connectivity index (χ4n) is 4.62. The van der Waals surface area contributed by atoms with Crippen LogP contribution in [-0.2, 0) is 26.2 Å². The van der Waals surface area contributed by atoms with E-state index < -0.39 is 28.5 Å². The van der Waals surface area contributed by atoms with Gasteiger partial charge in [0.25, 0.3) is 10.0 Å². The van der Waals surface area contributed by atoms with Gasteiger partial charge < -0.3 is 19.7 Å². The number of halogens is 1. The zero-order chi connectivity index (χ0) is 30.3. The number of likely N-dealkylation sites (N-methyl/N-ethyl adjacent to an activating group) is 1. The molecule has 9 nitrogen and oxygen atoms in total. The predicted octanol–water partition coefficient (Wildman–Crippen LogP) is 4.72. The van der Waals surface area contributed by atoms with Crippen LogP contribution in [0.15, 0.2) is 65.6 Å². The number of benzene rings is 3. The summed E-state index contributed by atoms with van der Waals surface area (Å²) in [6.45, 7) is 4.94. The number of carbonyl (C=O) groups is 2. The van der Waals surface area contributed by atoms with E-state index in [4.69, 9.17) is 21.1 Å². The fraction of sp³-hybridized carbons (Fsp3) is 0.333. The average molecular weight is 602 g/mol. The van der Waals surface area contributed by atoms with Crippen LogP contribution < -0.4 is 19.1 Å². The smallest absolute Gasteiger partial charge is 0.264 e. The summed E-state index contributed by atoms with van der Waals surface area (Å²) in [5.41, 5.74) is 2.59. The average Bonchev–Trinajstić information content (AvgIpc) is 2.95. The van der Waals surface area contributed by atoms with Crippen LogP contribution in [0, 0.1) is 13.8 Å². The Balaban J connectivity index is 2.15. The van der Waals surface area contributed by atoms with Crippen molar-refractivity contribution in [2.24, 2.45) is 0 Å². The van der Waals surface area contributed by atoms with Crippen LogP contribution in [0.3, 0.4) is 0 Å². The summed E-state index contributed by atoms with van der Waals surface area (Å²) in [7, 11) is 0.0706. The summed E-state index contributed by atoms with van der Waals surface area (Å²) in [6.07, 6.45) is 0.307. The fourth-order valence-corrected chi connectivity index (χ4v) is 6.23. The van der Waals surface area contributed by atoms with Crippen molar-refractivity contribution < 1.29 is 27.5 Å². The van der Waals surface area contributed by atoms with Crippen LogP contribution in [-0.4, -0.2) is 59.0 Å². The molecule has 0 aromatic heterocycles. The molecule has 0 spiro atoms. The van der Waals surface area contributed by atoms with Crippen molar-refractivity contribution in [3.8, 4) is 11.5 Å². The van der Waals surface area contributed by atoms with Gasteiger partial charge in [0.05, 0.1) is 24.8 Å². The molecule has 1 N–H and O–H groups in total. The van der Waals surface area contributed by atoms with Crippen molar-refractivity contribution in [1.82, 2.24) is 10.2 Å². The highest BCUT2D eigenvalue weighted by Gasteiger charge is 2.34. The third-order valence-corrected chi connectivity index (χ3v) is 8.79. The summed E-state index contributed by atoms with van der Waals surface area (Å²) >= 11 is 6.41. The van der Waals surface area contributed by atoms with E-state index in [1.54, 1.807) is 43.3 Å². The predicted molar refractivity (Wildman–Crippen MR) is 160 cm³/mol. The maximum atomic E-state index is 14.2. The standard InChI is InChI=1S/C30H36ClN3O6S/c1-7-26(30(36)32-4)33(18-22-10-8-9-11-25(22)31)29(35)19-34(23-15-20(2)14-21(3)16-23)41(37,38)24-12-13-27(39-5)28(17-24)40-6/h8-17,26H,7,18-19H2,1-6H3,(H,32,36)/t26-/m0/s1. The Morgan fingerprint density at radius 1 is 0.951 bits per heavy atom. The SMILES string of the molecule is CC[C@@H](C(=O)NC)N(Cc1ccccc1Cl)C(=O)CN(c1cc(C)cc(C)c1)S(=O)(=O)c1ccc(OC)c(OC)c1. The number of nitrogens with zero attached hydrogens (tertiary/aromatic N) is 2. The zero-order valence-electron chi connectivity index (χ0n) is 24.1. The Labute approximate surface area is 247 Å². The second-order valence-electron chi connectivity index (χ2n) is 9.53. The molecule has 0 saturated carbocycles. The first-order valence-electron chi connectivity index (χ1n) is 13.0. The number of sulfonamides is 1. The molecule has 0 saturated heterocycles. The first kappa shape index (κ1) is 31.8. The van der Waals surface area contributed by atoms with E-state index in [0.29, 0.717) is 28.4 Å². The maximum absolute atomic E-state index is 14.2. The normalized spacial score (nSPS) is 11.9. The Morgan fingerprint density at radius 3 is 2.15 bits per heavy atom. The molecule has 220 valence electrons. The van der Waals surface area contributed by atoms with E-state index >= 15 is 0 Å². The molecule has 0 aliphatic carbocycles. The van der Waals surface area contributed by atoms with Gasteiger partial charge in [-0.25, -0.2) is 8.42 Å². The second kappa shape index (κ2) is 13.7. The van der Waals surface area contributed by atoms with Crippen molar-refractivity contribution >= 4 is 39.1 Å². The van der Waals surface area contributed by atoms with Gasteiger partial charge in [0, 0.05) is 24.7 Å². The topological polar surface area (TPSA) is 105 Å². The molecule has 11 heteroatoms. The largest absolute Gasteiger partial charge is 0.493 e. The molecule has 0 fully saturated rings. The van der Waals surface area contributed by atoms with Crippen LogP contribution in [0.4, 0.5) is 5.69 Å². The molecule has 2 amide bonds. The number of rotatable bonds is 12. The number of amides is 2. The lowest BCUT2D eigenvalue weighted by Gasteiger charge is -2.33. The van der Waals surface area contributed by atoms with Crippen LogP contribution in [0.1, 0.15) is 30.0 Å². The van der Waals surface area contributed by atoms with E-state index in [1.165, 1.54) is 44.4 Å². The molecule has 0 heterocycles. The van der Waals surface area contributed by atoms with Gasteiger partial charge in [-0.1, -0.05) is 42.8 Å². The van der Waals surface area contributed by atoms with Gasteiger partial charge in [-0.2, -0.15) is 0 Å². The van der Waals surface area contributed by atoms with E-state index in [0.717, 1.165) is 15.4 Å². The van der Waals surface area contributed by atoms with Crippen molar-refractivity contribution in [2.75, 3.05) is 32.1 Å². The molecule has 0 aliphatic heterocycles. The molecule has 41 heavy (non-hydrogen) atoms. The monoisotopic (exact) mass is 601 g/mol. The van der Waals surface area contributed by atoms with Gasteiger partial charge in [0.15, 0.2) is 11.5 Å². The molecular formula is C30H36ClN3O6S. The van der Waals surface area contributed by atoms with Crippen molar-refractivity contribution in [2.45, 2.75) is 44.7 Å². The first-order chi connectivity index (χ1) is 19.5. The highest BCUT2D eigenvalue weighted by molar-refractivity contribution is 7.92. The van der Waals surface area contributed by atoms with Crippen LogP contribution >= 0.6 is 11.6 Å². The first-order valence-corrected chi connectivity index (χ1v) is 14.9. The summed E-state index contributed by atoms with van der Waals surface area (Å²) in [5.74, 6) is -0.341. The summed E-state index contributed by atoms with van der Waals surface area (Å²) in [4.78, 5) is 28.2. The van der Waals surface area contributed by atoms with E-state index in [2.05, 4.69) is 5.32 Å². The van der Waals surface area contributed by atoms with Crippen molar-refractivity contribution in [3.05, 3.63) is 82.4 Å². The molecule has 0 unspecified atom stereocenters. The summed E-state index contributed by atoms with van der Waals surface area (Å²) < 4.78 is 40.0. The van der Waals surface area contributed by atoms with Gasteiger partial charge >= 0.3 is 0 Å². The van der Waals surface area contributed by atoms with Crippen molar-refractivity contribution in [3.63, 3.8) is 0 Å². The molecule has 3 aromatic rings. The molecular weight excluding hydrogens is 566 g/mol. The number of hydrogen-bond acceptors (Lipinski definition) is 6. The molecule has 0 aliphatic rings. The number of anilines is 1. The van der Waals surface area contributed by atoms with Crippen LogP contribution in [0.2, 0.25) is 5.02 Å². The van der Waals surface area contributed by atoms with E-state index in [-0.39, 0.29) is 23.1 Å². The van der Waals surface area contributed by atoms with E-state index in [1.807, 2.05) is 19.9 Å². The number of hydrogen-bond donors (Lipinski definition) is 1. The molecule has 1 atom stereocenters. The minimum Gasteiger partial charge on any atom is -0.493 e. The lowest BCUT2D eigenvalue weighted by atomic mass is 10.1. The number of aryl methyl sites for hydroxylation is 2. The van der Waals surface area contributed by atoms with Crippen LogP contribution in [0.5, 0.6) is 11.5 Å². The third-order valence-electron chi connectivity index (χ3n) is 6.65. The van der Waals surface area contributed by atoms with Gasteiger partial charge in [-0.15, -0.1) is 0 Å². The highest BCUT2D eigenvalue weighted by Crippen LogP contribution is 2.33. The quantitative estimate of drug-likeness (QED) is 0.322.